The predicted octanol–water partition coefficient (Wildman–Crippen LogP) is 4.12. The molecule has 0 aromatic heterocycles. The average Bonchev–Trinajstić information content (AvgIpc) is 2.39. The van der Waals surface area contributed by atoms with Gasteiger partial charge in [0.15, 0.2) is 0 Å². The number of carbonyl (C=O) groups is 1. The summed E-state index contributed by atoms with van der Waals surface area (Å²) in [5.41, 5.74) is 0.772. The number of carboxylic acid groups (broad SMARTS) is 1. The number of rotatable bonds is 4. The van der Waals surface area contributed by atoms with Gasteiger partial charge >= 0.3 is 6.09 Å². The normalized spacial score (nSPS) is 10.5. The van der Waals surface area contributed by atoms with Crippen molar-refractivity contribution in [2.45, 2.75) is 19.8 Å². The van der Waals surface area contributed by atoms with Crippen LogP contribution in [0.5, 0.6) is 0 Å². The number of nitrogens with zero attached hydrogens (tertiary/aromatic N) is 1. The van der Waals surface area contributed by atoms with E-state index in [1.165, 1.54) is 4.90 Å². The van der Waals surface area contributed by atoms with E-state index in [9.17, 15) is 9.90 Å². The van der Waals surface area contributed by atoms with Gasteiger partial charge < -0.3 is 5.11 Å². The smallest absolute Gasteiger partial charge is 0.411 e. The molecular weight excluding hydrogens is 226 g/mol. The van der Waals surface area contributed by atoms with Gasteiger partial charge in [-0.1, -0.05) is 49.7 Å². The summed E-state index contributed by atoms with van der Waals surface area (Å²) in [6, 6.07) is 13.6. The third-order valence-corrected chi connectivity index (χ3v) is 3.02. The highest BCUT2D eigenvalue weighted by atomic mass is 16.4. The molecule has 3 heteroatoms. The number of anilines is 1. The SMILES string of the molecule is CCCCN(C(=O)O)c1cccc2ccccc12. The highest BCUT2D eigenvalue weighted by molar-refractivity contribution is 6.01. The second-order valence-corrected chi connectivity index (χ2v) is 4.29. The Kier molecular flexibility index (Phi) is 3.82. The third kappa shape index (κ3) is 2.45. The molecule has 3 nitrogen and oxygen atoms in total. The van der Waals surface area contributed by atoms with Crippen LogP contribution in [-0.2, 0) is 0 Å². The van der Waals surface area contributed by atoms with Crippen LogP contribution in [0.2, 0.25) is 0 Å². The quantitative estimate of drug-likeness (QED) is 0.877. The highest BCUT2D eigenvalue weighted by Crippen LogP contribution is 2.27. The molecule has 1 amide bonds. The van der Waals surface area contributed by atoms with E-state index in [1.807, 2.05) is 42.5 Å². The Balaban J connectivity index is 2.46. The Morgan fingerprint density at radius 1 is 1.17 bits per heavy atom. The van der Waals surface area contributed by atoms with Crippen LogP contribution in [0.3, 0.4) is 0 Å². The fraction of sp³-hybridized carbons (Fsp3) is 0.267. The van der Waals surface area contributed by atoms with Gasteiger partial charge in [0.25, 0.3) is 0 Å². The van der Waals surface area contributed by atoms with Gasteiger partial charge in [-0.05, 0) is 17.9 Å². The molecule has 0 aliphatic rings. The molecule has 0 fully saturated rings. The van der Waals surface area contributed by atoms with Crippen LogP contribution in [-0.4, -0.2) is 17.7 Å². The van der Waals surface area contributed by atoms with Gasteiger partial charge in [0.2, 0.25) is 0 Å². The maximum atomic E-state index is 11.4. The molecule has 2 rings (SSSR count). The Bertz CT molecular complexity index is 546. The van der Waals surface area contributed by atoms with Crippen molar-refractivity contribution in [3.63, 3.8) is 0 Å². The third-order valence-electron chi connectivity index (χ3n) is 3.02. The van der Waals surface area contributed by atoms with Crippen molar-refractivity contribution in [3.8, 4) is 0 Å². The zero-order chi connectivity index (χ0) is 13.0. The first-order valence-corrected chi connectivity index (χ1v) is 6.22. The predicted molar refractivity (Wildman–Crippen MR) is 74.2 cm³/mol. The van der Waals surface area contributed by atoms with E-state index in [4.69, 9.17) is 0 Å². The summed E-state index contributed by atoms with van der Waals surface area (Å²) < 4.78 is 0. The van der Waals surface area contributed by atoms with E-state index in [0.717, 1.165) is 29.3 Å². The molecule has 0 spiro atoms. The van der Waals surface area contributed by atoms with E-state index in [-0.39, 0.29) is 0 Å². The van der Waals surface area contributed by atoms with Crippen molar-refractivity contribution in [1.82, 2.24) is 0 Å². The molecule has 0 heterocycles. The monoisotopic (exact) mass is 243 g/mol. The lowest BCUT2D eigenvalue weighted by molar-refractivity contribution is 0.201. The fourth-order valence-electron chi connectivity index (χ4n) is 2.08. The molecule has 2 aromatic rings. The molecule has 0 bridgehead atoms. The van der Waals surface area contributed by atoms with Crippen molar-refractivity contribution < 1.29 is 9.90 Å². The molecule has 18 heavy (non-hydrogen) atoms. The van der Waals surface area contributed by atoms with Crippen LogP contribution in [0.15, 0.2) is 42.5 Å². The van der Waals surface area contributed by atoms with Gasteiger partial charge in [0, 0.05) is 11.9 Å². The molecule has 0 saturated heterocycles. The number of unbranched alkanes of at least 4 members (excludes halogenated alkanes) is 1. The fourth-order valence-corrected chi connectivity index (χ4v) is 2.08. The second-order valence-electron chi connectivity index (χ2n) is 4.29. The van der Waals surface area contributed by atoms with Crippen LogP contribution in [0.1, 0.15) is 19.8 Å². The number of benzene rings is 2. The Morgan fingerprint density at radius 3 is 2.61 bits per heavy atom. The Hall–Kier alpha value is -2.03. The highest BCUT2D eigenvalue weighted by Gasteiger charge is 2.15. The minimum absolute atomic E-state index is 0.542. The van der Waals surface area contributed by atoms with Crippen LogP contribution in [0.25, 0.3) is 10.8 Å². The molecule has 0 atom stereocenters. The van der Waals surface area contributed by atoms with Gasteiger partial charge in [-0.2, -0.15) is 0 Å². The summed E-state index contributed by atoms with van der Waals surface area (Å²) in [4.78, 5) is 12.8. The van der Waals surface area contributed by atoms with Crippen molar-refractivity contribution in [2.24, 2.45) is 0 Å². The van der Waals surface area contributed by atoms with Gasteiger partial charge in [-0.25, -0.2) is 4.79 Å². The van der Waals surface area contributed by atoms with Crippen molar-refractivity contribution in [2.75, 3.05) is 11.4 Å². The molecule has 0 aliphatic carbocycles. The van der Waals surface area contributed by atoms with Crippen LogP contribution in [0.4, 0.5) is 10.5 Å². The van der Waals surface area contributed by atoms with E-state index < -0.39 is 6.09 Å². The molecule has 2 aromatic carbocycles. The van der Waals surface area contributed by atoms with E-state index in [0.29, 0.717) is 6.54 Å². The maximum Gasteiger partial charge on any atom is 0.411 e. The first kappa shape index (κ1) is 12.4. The van der Waals surface area contributed by atoms with Crippen molar-refractivity contribution in [3.05, 3.63) is 42.5 Å². The Morgan fingerprint density at radius 2 is 1.89 bits per heavy atom. The summed E-state index contributed by atoms with van der Waals surface area (Å²) >= 11 is 0. The zero-order valence-electron chi connectivity index (χ0n) is 10.5. The number of hydrogen-bond donors (Lipinski definition) is 1. The first-order chi connectivity index (χ1) is 8.74. The standard InChI is InChI=1S/C15H17NO2/c1-2-3-11-16(15(17)18)14-10-6-8-12-7-4-5-9-13(12)14/h4-10H,2-3,11H2,1H3,(H,17,18). The van der Waals surface area contributed by atoms with Gasteiger partial charge in [0.1, 0.15) is 0 Å². The number of fused-ring (bicyclic) bond motifs is 1. The molecular formula is C15H17NO2. The largest absolute Gasteiger partial charge is 0.465 e. The lowest BCUT2D eigenvalue weighted by Crippen LogP contribution is -2.30. The van der Waals surface area contributed by atoms with E-state index in [1.54, 1.807) is 0 Å². The number of amides is 1. The van der Waals surface area contributed by atoms with Gasteiger partial charge in [-0.15, -0.1) is 0 Å². The molecule has 0 unspecified atom stereocenters. The van der Waals surface area contributed by atoms with E-state index in [2.05, 4.69) is 6.92 Å². The molecule has 0 radical (unpaired) electrons. The lowest BCUT2D eigenvalue weighted by Gasteiger charge is -2.20. The molecule has 0 saturated carbocycles. The minimum Gasteiger partial charge on any atom is -0.465 e. The summed E-state index contributed by atoms with van der Waals surface area (Å²) in [7, 11) is 0. The number of hydrogen-bond acceptors (Lipinski definition) is 1. The van der Waals surface area contributed by atoms with Gasteiger partial charge in [-0.3, -0.25) is 4.90 Å². The van der Waals surface area contributed by atoms with Crippen LogP contribution >= 0.6 is 0 Å². The maximum absolute atomic E-state index is 11.4. The van der Waals surface area contributed by atoms with Crippen LogP contribution in [0, 0.1) is 0 Å². The summed E-state index contributed by atoms with van der Waals surface area (Å²) in [6.07, 6.45) is 0.962. The zero-order valence-corrected chi connectivity index (χ0v) is 10.5. The second kappa shape index (κ2) is 5.54. The van der Waals surface area contributed by atoms with Crippen molar-refractivity contribution in [1.29, 1.82) is 0 Å². The lowest BCUT2D eigenvalue weighted by atomic mass is 10.1. The van der Waals surface area contributed by atoms with Crippen LogP contribution < -0.4 is 4.90 Å². The van der Waals surface area contributed by atoms with E-state index >= 15 is 0 Å². The molecule has 0 aliphatic heterocycles. The minimum atomic E-state index is -0.889. The van der Waals surface area contributed by atoms with Crippen molar-refractivity contribution >= 4 is 22.6 Å². The summed E-state index contributed by atoms with van der Waals surface area (Å²) in [5.74, 6) is 0. The molecule has 94 valence electrons. The van der Waals surface area contributed by atoms with Gasteiger partial charge in [0.05, 0.1) is 5.69 Å². The average molecular weight is 243 g/mol. The Labute approximate surface area is 107 Å². The summed E-state index contributed by atoms with van der Waals surface area (Å²) in [5, 5.41) is 11.4. The molecule has 1 N–H and O–H groups in total. The topological polar surface area (TPSA) is 40.5 Å². The summed E-state index contributed by atoms with van der Waals surface area (Å²) in [6.45, 7) is 2.60. The first-order valence-electron chi connectivity index (χ1n) is 6.22.